The molecule has 2 rings (SSSR count). The largest absolute Gasteiger partial charge is 0.493 e. The van der Waals surface area contributed by atoms with Crippen molar-refractivity contribution >= 4 is 11.8 Å². The van der Waals surface area contributed by atoms with Crippen LogP contribution in [-0.4, -0.2) is 25.5 Å². The molecule has 2 N–H and O–H groups in total. The highest BCUT2D eigenvalue weighted by molar-refractivity contribution is 5.93. The lowest BCUT2D eigenvalue weighted by Crippen LogP contribution is -2.24. The van der Waals surface area contributed by atoms with Crippen LogP contribution in [0.4, 0.5) is 0 Å². The third kappa shape index (κ3) is 5.47. The van der Waals surface area contributed by atoms with Gasteiger partial charge in [0.15, 0.2) is 0 Å². The molecule has 5 nitrogen and oxygen atoms in total. The van der Waals surface area contributed by atoms with E-state index < -0.39 is 0 Å². The molecule has 2 aromatic carbocycles. The SMILES string of the molecule is CNC(=O)c1ccc(CNC(=O)CCOc2ccccc2)cc1. The van der Waals surface area contributed by atoms with E-state index in [0.717, 1.165) is 11.3 Å². The quantitative estimate of drug-likeness (QED) is 0.823. The molecule has 120 valence electrons. The average molecular weight is 312 g/mol. The second kappa shape index (κ2) is 8.58. The normalized spacial score (nSPS) is 9.96. The number of carbonyl (C=O) groups excluding carboxylic acids is 2. The van der Waals surface area contributed by atoms with E-state index in [0.29, 0.717) is 25.1 Å². The molecule has 0 radical (unpaired) electrons. The molecule has 0 spiro atoms. The van der Waals surface area contributed by atoms with Crippen molar-refractivity contribution in [1.29, 1.82) is 0 Å². The first-order valence-electron chi connectivity index (χ1n) is 7.44. The highest BCUT2D eigenvalue weighted by Gasteiger charge is 2.04. The topological polar surface area (TPSA) is 67.4 Å². The number of benzene rings is 2. The second-order valence-corrected chi connectivity index (χ2v) is 4.96. The van der Waals surface area contributed by atoms with Crippen molar-refractivity contribution in [3.05, 3.63) is 65.7 Å². The van der Waals surface area contributed by atoms with Gasteiger partial charge in [-0.25, -0.2) is 0 Å². The van der Waals surface area contributed by atoms with Crippen LogP contribution in [0.5, 0.6) is 5.75 Å². The molecule has 0 aromatic heterocycles. The summed E-state index contributed by atoms with van der Waals surface area (Å²) < 4.78 is 5.48. The van der Waals surface area contributed by atoms with Crippen molar-refractivity contribution in [3.8, 4) is 5.75 Å². The van der Waals surface area contributed by atoms with Gasteiger partial charge in [-0.3, -0.25) is 9.59 Å². The molecular weight excluding hydrogens is 292 g/mol. The van der Waals surface area contributed by atoms with Crippen molar-refractivity contribution in [2.24, 2.45) is 0 Å². The van der Waals surface area contributed by atoms with E-state index in [-0.39, 0.29) is 11.8 Å². The average Bonchev–Trinajstić information content (AvgIpc) is 2.60. The standard InChI is InChI=1S/C18H20N2O3/c1-19-18(22)15-9-7-14(8-10-15)13-20-17(21)11-12-23-16-5-3-2-4-6-16/h2-10H,11-13H2,1H3,(H,19,22)(H,20,21). The molecule has 0 bridgehead atoms. The monoisotopic (exact) mass is 312 g/mol. The van der Waals surface area contributed by atoms with E-state index in [1.54, 1.807) is 19.2 Å². The zero-order chi connectivity index (χ0) is 16.5. The van der Waals surface area contributed by atoms with Crippen molar-refractivity contribution < 1.29 is 14.3 Å². The molecule has 0 aliphatic rings. The van der Waals surface area contributed by atoms with Gasteiger partial charge in [-0.2, -0.15) is 0 Å². The molecule has 5 heteroatoms. The van der Waals surface area contributed by atoms with E-state index in [4.69, 9.17) is 4.74 Å². The van der Waals surface area contributed by atoms with Gasteiger partial charge in [-0.05, 0) is 29.8 Å². The molecule has 23 heavy (non-hydrogen) atoms. The Labute approximate surface area is 135 Å². The number of ether oxygens (including phenoxy) is 1. The minimum atomic E-state index is -0.126. The van der Waals surface area contributed by atoms with Crippen LogP contribution in [0.25, 0.3) is 0 Å². The minimum Gasteiger partial charge on any atom is -0.493 e. The third-order valence-electron chi connectivity index (χ3n) is 3.27. The highest BCUT2D eigenvalue weighted by Crippen LogP contribution is 2.08. The molecule has 0 atom stereocenters. The fraction of sp³-hybridized carbons (Fsp3) is 0.222. The molecule has 0 unspecified atom stereocenters. The van der Waals surface area contributed by atoms with E-state index in [2.05, 4.69) is 10.6 Å². The van der Waals surface area contributed by atoms with Crippen molar-refractivity contribution in [1.82, 2.24) is 10.6 Å². The predicted octanol–water partition coefficient (Wildman–Crippen LogP) is 2.13. The predicted molar refractivity (Wildman–Crippen MR) is 88.2 cm³/mol. The number of hydrogen-bond acceptors (Lipinski definition) is 3. The van der Waals surface area contributed by atoms with Gasteiger partial charge in [-0.1, -0.05) is 30.3 Å². The molecule has 0 aliphatic carbocycles. The Kier molecular flexibility index (Phi) is 6.17. The van der Waals surface area contributed by atoms with Crippen LogP contribution in [0, 0.1) is 0 Å². The number of rotatable bonds is 7. The van der Waals surface area contributed by atoms with E-state index in [1.807, 2.05) is 42.5 Å². The maximum atomic E-state index is 11.8. The summed E-state index contributed by atoms with van der Waals surface area (Å²) in [6.07, 6.45) is 0.297. The van der Waals surface area contributed by atoms with E-state index >= 15 is 0 Å². The van der Waals surface area contributed by atoms with Crippen molar-refractivity contribution in [2.75, 3.05) is 13.7 Å². The summed E-state index contributed by atoms with van der Waals surface area (Å²) in [6, 6.07) is 16.5. The van der Waals surface area contributed by atoms with Gasteiger partial charge in [0.25, 0.3) is 5.91 Å². The molecule has 0 heterocycles. The maximum Gasteiger partial charge on any atom is 0.251 e. The summed E-state index contributed by atoms with van der Waals surface area (Å²) in [6.45, 7) is 0.768. The molecule has 0 saturated carbocycles. The Hall–Kier alpha value is -2.82. The zero-order valence-electron chi connectivity index (χ0n) is 13.0. The lowest BCUT2D eigenvalue weighted by atomic mass is 10.1. The smallest absolute Gasteiger partial charge is 0.251 e. The number of carbonyl (C=O) groups is 2. The zero-order valence-corrected chi connectivity index (χ0v) is 13.0. The Morgan fingerprint density at radius 2 is 1.70 bits per heavy atom. The van der Waals surface area contributed by atoms with Gasteiger partial charge in [0.2, 0.25) is 5.91 Å². The molecule has 0 aliphatic heterocycles. The van der Waals surface area contributed by atoms with Crippen LogP contribution >= 0.6 is 0 Å². The molecular formula is C18H20N2O3. The third-order valence-corrected chi connectivity index (χ3v) is 3.27. The molecule has 2 amide bonds. The first-order chi connectivity index (χ1) is 11.2. The van der Waals surface area contributed by atoms with E-state index in [9.17, 15) is 9.59 Å². The summed E-state index contributed by atoms with van der Waals surface area (Å²) in [5, 5.41) is 5.39. The minimum absolute atomic E-state index is 0.0729. The van der Waals surface area contributed by atoms with Crippen LogP contribution in [0.1, 0.15) is 22.3 Å². The lowest BCUT2D eigenvalue weighted by Gasteiger charge is -2.08. The number of nitrogens with one attached hydrogen (secondary N) is 2. The number of amides is 2. The van der Waals surface area contributed by atoms with Gasteiger partial charge in [-0.15, -0.1) is 0 Å². The first kappa shape index (κ1) is 16.5. The Balaban J connectivity index is 1.70. The summed E-state index contributed by atoms with van der Waals surface area (Å²) in [5.74, 6) is 0.556. The lowest BCUT2D eigenvalue weighted by molar-refractivity contribution is -0.121. The van der Waals surface area contributed by atoms with Gasteiger partial charge in [0.1, 0.15) is 5.75 Å². The fourth-order valence-electron chi connectivity index (χ4n) is 1.99. The van der Waals surface area contributed by atoms with Gasteiger partial charge in [0.05, 0.1) is 13.0 Å². The molecule has 0 saturated heterocycles. The van der Waals surface area contributed by atoms with Crippen LogP contribution in [0.2, 0.25) is 0 Å². The number of hydrogen-bond donors (Lipinski definition) is 2. The van der Waals surface area contributed by atoms with Gasteiger partial charge >= 0.3 is 0 Å². The van der Waals surface area contributed by atoms with Crippen molar-refractivity contribution in [2.45, 2.75) is 13.0 Å². The maximum absolute atomic E-state index is 11.8. The van der Waals surface area contributed by atoms with Crippen LogP contribution in [0.3, 0.4) is 0 Å². The Morgan fingerprint density at radius 1 is 1.00 bits per heavy atom. The molecule has 0 fully saturated rings. The molecule has 2 aromatic rings. The van der Waals surface area contributed by atoms with Crippen molar-refractivity contribution in [3.63, 3.8) is 0 Å². The Bertz CT molecular complexity index is 639. The van der Waals surface area contributed by atoms with Crippen LogP contribution in [-0.2, 0) is 11.3 Å². The van der Waals surface area contributed by atoms with Crippen LogP contribution in [0.15, 0.2) is 54.6 Å². The van der Waals surface area contributed by atoms with Gasteiger partial charge < -0.3 is 15.4 Å². The summed E-state index contributed by atoms with van der Waals surface area (Å²) in [4.78, 5) is 23.2. The first-order valence-corrected chi connectivity index (χ1v) is 7.44. The van der Waals surface area contributed by atoms with Gasteiger partial charge in [0, 0.05) is 19.2 Å². The van der Waals surface area contributed by atoms with E-state index in [1.165, 1.54) is 0 Å². The fourth-order valence-corrected chi connectivity index (χ4v) is 1.99. The summed E-state index contributed by atoms with van der Waals surface area (Å²) >= 11 is 0. The van der Waals surface area contributed by atoms with Crippen LogP contribution < -0.4 is 15.4 Å². The summed E-state index contributed by atoms with van der Waals surface area (Å²) in [7, 11) is 1.59. The Morgan fingerprint density at radius 3 is 2.35 bits per heavy atom. The second-order valence-electron chi connectivity index (χ2n) is 4.96. The summed E-state index contributed by atoms with van der Waals surface area (Å²) in [5.41, 5.74) is 1.54. The number of para-hydroxylation sites is 1. The highest BCUT2D eigenvalue weighted by atomic mass is 16.5.